The van der Waals surface area contributed by atoms with Crippen molar-refractivity contribution in [2.45, 2.75) is 26.9 Å². The fraction of sp³-hybridized carbons (Fsp3) is 0.462. The molecular formula is C13H20N6O. The van der Waals surface area contributed by atoms with Gasteiger partial charge in [0.2, 0.25) is 0 Å². The molecule has 0 aromatic carbocycles. The first kappa shape index (κ1) is 14.1. The number of aryl methyl sites for hydroxylation is 1. The lowest BCUT2D eigenvalue weighted by molar-refractivity contribution is 0.0991. The summed E-state index contributed by atoms with van der Waals surface area (Å²) in [6.07, 6.45) is 3.83. The molecule has 0 radical (unpaired) electrons. The number of carbonyl (C=O) groups is 1. The van der Waals surface area contributed by atoms with Gasteiger partial charge in [0.05, 0.1) is 6.20 Å². The average Bonchev–Trinajstić information content (AvgIpc) is 2.92. The van der Waals surface area contributed by atoms with Crippen molar-refractivity contribution in [2.24, 2.45) is 18.7 Å². The van der Waals surface area contributed by atoms with Crippen molar-refractivity contribution in [2.75, 3.05) is 5.32 Å². The van der Waals surface area contributed by atoms with Crippen LogP contribution < -0.4 is 11.1 Å². The molecule has 7 nitrogen and oxygen atoms in total. The lowest BCUT2D eigenvalue weighted by atomic mass is 10.2. The van der Waals surface area contributed by atoms with E-state index >= 15 is 0 Å². The Morgan fingerprint density at radius 3 is 2.85 bits per heavy atom. The Labute approximate surface area is 117 Å². The number of hydrogen-bond acceptors (Lipinski definition) is 4. The zero-order valence-corrected chi connectivity index (χ0v) is 12.0. The number of hydrogen-bond donors (Lipinski definition) is 2. The van der Waals surface area contributed by atoms with Gasteiger partial charge in [-0.15, -0.1) is 0 Å². The Morgan fingerprint density at radius 2 is 2.25 bits per heavy atom. The van der Waals surface area contributed by atoms with Crippen LogP contribution in [0.4, 0.5) is 5.82 Å². The maximum absolute atomic E-state index is 11.1. The summed E-state index contributed by atoms with van der Waals surface area (Å²) in [6, 6.07) is 1.64. The summed E-state index contributed by atoms with van der Waals surface area (Å²) in [7, 11) is 1.69. The first-order valence-corrected chi connectivity index (χ1v) is 6.54. The van der Waals surface area contributed by atoms with E-state index in [4.69, 9.17) is 5.73 Å². The molecule has 0 bridgehead atoms. The van der Waals surface area contributed by atoms with Gasteiger partial charge in [0.15, 0.2) is 0 Å². The summed E-state index contributed by atoms with van der Waals surface area (Å²) in [6.45, 7) is 5.81. The molecule has 0 saturated carbocycles. The Bertz CT molecular complexity index is 598. The van der Waals surface area contributed by atoms with Crippen molar-refractivity contribution in [3.63, 3.8) is 0 Å². The number of nitrogens with zero attached hydrogens (tertiary/aromatic N) is 4. The van der Waals surface area contributed by atoms with Crippen molar-refractivity contribution in [1.29, 1.82) is 0 Å². The molecule has 0 unspecified atom stereocenters. The van der Waals surface area contributed by atoms with Crippen molar-refractivity contribution >= 4 is 11.7 Å². The lowest BCUT2D eigenvalue weighted by Crippen LogP contribution is -2.15. The second kappa shape index (κ2) is 5.77. The van der Waals surface area contributed by atoms with Gasteiger partial charge in [-0.05, 0) is 5.92 Å². The van der Waals surface area contributed by atoms with Crippen LogP contribution in [0.3, 0.4) is 0 Å². The maximum atomic E-state index is 11.1. The SMILES string of the molecule is CC(C)Cn1cc(CNc2cc(C(N)=O)n(C)n2)cn1. The quantitative estimate of drug-likeness (QED) is 0.823. The molecule has 2 aromatic rings. The molecule has 20 heavy (non-hydrogen) atoms. The molecule has 0 aliphatic heterocycles. The Balaban J connectivity index is 1.96. The van der Waals surface area contributed by atoms with Gasteiger partial charge < -0.3 is 11.1 Å². The molecule has 0 aliphatic carbocycles. The smallest absolute Gasteiger partial charge is 0.267 e. The van der Waals surface area contributed by atoms with Gasteiger partial charge in [-0.25, -0.2) is 0 Å². The predicted molar refractivity (Wildman–Crippen MR) is 76.1 cm³/mol. The van der Waals surface area contributed by atoms with E-state index in [0.717, 1.165) is 12.1 Å². The summed E-state index contributed by atoms with van der Waals surface area (Å²) in [4.78, 5) is 11.1. The summed E-state index contributed by atoms with van der Waals surface area (Å²) in [5.74, 6) is 0.695. The number of aromatic nitrogens is 4. The van der Waals surface area contributed by atoms with Gasteiger partial charge in [-0.3, -0.25) is 14.2 Å². The molecule has 0 spiro atoms. The van der Waals surface area contributed by atoms with Crippen LogP contribution in [0.25, 0.3) is 0 Å². The van der Waals surface area contributed by atoms with Crippen LogP contribution in [0, 0.1) is 5.92 Å². The maximum Gasteiger partial charge on any atom is 0.267 e. The van der Waals surface area contributed by atoms with Gasteiger partial charge in [-0.2, -0.15) is 10.2 Å². The summed E-state index contributed by atoms with van der Waals surface area (Å²) in [5.41, 5.74) is 6.69. The van der Waals surface area contributed by atoms with Gasteiger partial charge in [0, 0.05) is 38.0 Å². The van der Waals surface area contributed by atoms with Crippen LogP contribution in [0.2, 0.25) is 0 Å². The number of rotatable bonds is 6. The van der Waals surface area contributed by atoms with Crippen molar-refractivity contribution < 1.29 is 4.79 Å². The van der Waals surface area contributed by atoms with Gasteiger partial charge in [-0.1, -0.05) is 13.8 Å². The van der Waals surface area contributed by atoms with Crippen LogP contribution in [0.5, 0.6) is 0 Å². The molecule has 2 aromatic heterocycles. The molecule has 7 heteroatoms. The van der Waals surface area contributed by atoms with E-state index in [-0.39, 0.29) is 0 Å². The second-order valence-corrected chi connectivity index (χ2v) is 5.22. The fourth-order valence-corrected chi connectivity index (χ4v) is 1.95. The molecule has 0 atom stereocenters. The average molecular weight is 276 g/mol. The second-order valence-electron chi connectivity index (χ2n) is 5.22. The third kappa shape index (κ3) is 3.37. The highest BCUT2D eigenvalue weighted by Gasteiger charge is 2.09. The summed E-state index contributed by atoms with van der Waals surface area (Å²) >= 11 is 0. The molecule has 3 N–H and O–H groups in total. The molecular weight excluding hydrogens is 256 g/mol. The third-order valence-electron chi connectivity index (χ3n) is 2.84. The largest absolute Gasteiger partial charge is 0.364 e. The number of nitrogens with one attached hydrogen (secondary N) is 1. The van der Waals surface area contributed by atoms with Crippen molar-refractivity contribution in [3.8, 4) is 0 Å². The molecule has 1 amide bonds. The van der Waals surface area contributed by atoms with E-state index in [1.165, 1.54) is 4.68 Å². The first-order chi connectivity index (χ1) is 9.45. The first-order valence-electron chi connectivity index (χ1n) is 6.54. The zero-order chi connectivity index (χ0) is 14.7. The number of carbonyl (C=O) groups excluding carboxylic acids is 1. The minimum absolute atomic E-state index is 0.378. The van der Waals surface area contributed by atoms with Crippen LogP contribution in [-0.4, -0.2) is 25.5 Å². The van der Waals surface area contributed by atoms with Crippen molar-refractivity contribution in [3.05, 3.63) is 29.7 Å². The van der Waals surface area contributed by atoms with Gasteiger partial charge in [0.25, 0.3) is 5.91 Å². The molecule has 0 saturated heterocycles. The van der Waals surface area contributed by atoms with Crippen LogP contribution >= 0.6 is 0 Å². The normalized spacial score (nSPS) is 11.0. The standard InChI is InChI=1S/C13H20N6O/c1-9(2)7-19-8-10(6-16-19)5-15-12-4-11(13(14)20)18(3)17-12/h4,6,8-9H,5,7H2,1-3H3,(H2,14,20)(H,15,17). The number of nitrogens with two attached hydrogens (primary N) is 1. The lowest BCUT2D eigenvalue weighted by Gasteiger charge is -2.03. The minimum atomic E-state index is -0.488. The monoisotopic (exact) mass is 276 g/mol. The van der Waals surface area contributed by atoms with E-state index in [1.54, 1.807) is 13.1 Å². The van der Waals surface area contributed by atoms with E-state index in [9.17, 15) is 4.79 Å². The minimum Gasteiger partial charge on any atom is -0.364 e. The van der Waals surface area contributed by atoms with E-state index < -0.39 is 5.91 Å². The number of amides is 1. The highest BCUT2D eigenvalue weighted by molar-refractivity contribution is 5.91. The highest BCUT2D eigenvalue weighted by atomic mass is 16.1. The van der Waals surface area contributed by atoms with Gasteiger partial charge in [0.1, 0.15) is 11.5 Å². The molecule has 2 rings (SSSR count). The number of primary amides is 1. The predicted octanol–water partition coefficient (Wildman–Crippen LogP) is 0.984. The Kier molecular flexibility index (Phi) is 4.07. The van der Waals surface area contributed by atoms with Gasteiger partial charge >= 0.3 is 0 Å². The summed E-state index contributed by atoms with van der Waals surface area (Å²) < 4.78 is 3.39. The highest BCUT2D eigenvalue weighted by Crippen LogP contribution is 2.10. The molecule has 2 heterocycles. The zero-order valence-electron chi connectivity index (χ0n) is 12.0. The van der Waals surface area contributed by atoms with Crippen LogP contribution in [-0.2, 0) is 20.1 Å². The Morgan fingerprint density at radius 1 is 1.50 bits per heavy atom. The Hall–Kier alpha value is -2.31. The van der Waals surface area contributed by atoms with E-state index in [0.29, 0.717) is 24.0 Å². The number of anilines is 1. The molecule has 108 valence electrons. The fourth-order valence-electron chi connectivity index (χ4n) is 1.95. The van der Waals surface area contributed by atoms with Crippen LogP contribution in [0.1, 0.15) is 29.9 Å². The molecule has 0 aliphatic rings. The topological polar surface area (TPSA) is 90.8 Å². The third-order valence-corrected chi connectivity index (χ3v) is 2.84. The van der Waals surface area contributed by atoms with Crippen molar-refractivity contribution in [1.82, 2.24) is 19.6 Å². The summed E-state index contributed by atoms with van der Waals surface area (Å²) in [5, 5.41) is 11.6. The molecule has 0 fully saturated rings. The van der Waals surface area contributed by atoms with E-state index in [2.05, 4.69) is 29.4 Å². The van der Waals surface area contributed by atoms with E-state index in [1.807, 2.05) is 17.1 Å². The van der Waals surface area contributed by atoms with Crippen LogP contribution in [0.15, 0.2) is 18.5 Å².